The van der Waals surface area contributed by atoms with Crippen LogP contribution >= 0.6 is 0 Å². The number of nitrogens with two attached hydrogens (primary N) is 1. The number of carbonyl (C=O) groups is 1. The molecule has 0 aromatic heterocycles. The van der Waals surface area contributed by atoms with E-state index in [1.807, 2.05) is 6.92 Å². The van der Waals surface area contributed by atoms with Gasteiger partial charge < -0.3 is 10.6 Å². The number of hydrogen-bond donors (Lipinski definition) is 1. The Hall–Kier alpha value is -1.39. The highest BCUT2D eigenvalue weighted by atomic mass is 16.2. The highest BCUT2D eigenvalue weighted by Gasteiger charge is 2.37. The lowest BCUT2D eigenvalue weighted by Gasteiger charge is -2.47. The Morgan fingerprint density at radius 1 is 1.26 bits per heavy atom. The Balaban J connectivity index is 1.60. The lowest BCUT2D eigenvalue weighted by molar-refractivity contribution is -0.135. The Labute approximate surface area is 139 Å². The average Bonchev–Trinajstić information content (AvgIpc) is 2.55. The number of nitrogens with zero attached hydrogens (tertiary/aromatic N) is 2. The Bertz CT molecular complexity index is 517. The van der Waals surface area contributed by atoms with Crippen molar-refractivity contribution in [1.82, 2.24) is 9.80 Å². The van der Waals surface area contributed by atoms with Crippen molar-refractivity contribution in [3.63, 3.8) is 0 Å². The Kier molecular flexibility index (Phi) is 5.34. The minimum absolute atomic E-state index is 0.0406. The van der Waals surface area contributed by atoms with Crippen LogP contribution in [0.4, 0.5) is 0 Å². The SMILES string of the molecule is CC(N)CC(=O)N1CCC2C(CCCN2Cc2ccccc2)C1. The summed E-state index contributed by atoms with van der Waals surface area (Å²) < 4.78 is 0. The van der Waals surface area contributed by atoms with Crippen LogP contribution in [0.5, 0.6) is 0 Å². The van der Waals surface area contributed by atoms with E-state index >= 15 is 0 Å². The summed E-state index contributed by atoms with van der Waals surface area (Å²) in [6.45, 7) is 5.94. The largest absolute Gasteiger partial charge is 0.342 e. The first kappa shape index (κ1) is 16.5. The molecule has 0 saturated carbocycles. The molecule has 2 aliphatic heterocycles. The van der Waals surface area contributed by atoms with Gasteiger partial charge in [0, 0.05) is 38.1 Å². The molecular formula is C19H29N3O. The monoisotopic (exact) mass is 315 g/mol. The zero-order valence-electron chi connectivity index (χ0n) is 14.2. The molecule has 2 saturated heterocycles. The fraction of sp³-hybridized carbons (Fsp3) is 0.632. The topological polar surface area (TPSA) is 49.6 Å². The van der Waals surface area contributed by atoms with Crippen molar-refractivity contribution in [1.29, 1.82) is 0 Å². The molecular weight excluding hydrogens is 286 g/mol. The van der Waals surface area contributed by atoms with E-state index in [0.717, 1.165) is 26.1 Å². The van der Waals surface area contributed by atoms with Crippen molar-refractivity contribution < 1.29 is 4.79 Å². The summed E-state index contributed by atoms with van der Waals surface area (Å²) in [4.78, 5) is 17.0. The van der Waals surface area contributed by atoms with E-state index in [4.69, 9.17) is 5.73 Å². The second-order valence-electron chi connectivity index (χ2n) is 7.24. The van der Waals surface area contributed by atoms with Crippen molar-refractivity contribution in [2.45, 2.75) is 51.2 Å². The molecule has 23 heavy (non-hydrogen) atoms. The summed E-state index contributed by atoms with van der Waals surface area (Å²) in [6.07, 6.45) is 4.06. The van der Waals surface area contributed by atoms with Crippen LogP contribution in [0.25, 0.3) is 0 Å². The number of rotatable bonds is 4. The average molecular weight is 315 g/mol. The smallest absolute Gasteiger partial charge is 0.224 e. The fourth-order valence-corrected chi connectivity index (χ4v) is 4.15. The fourth-order valence-electron chi connectivity index (χ4n) is 4.15. The van der Waals surface area contributed by atoms with Gasteiger partial charge in [-0.1, -0.05) is 30.3 Å². The molecule has 3 atom stereocenters. The molecule has 126 valence electrons. The van der Waals surface area contributed by atoms with Crippen LogP contribution < -0.4 is 5.73 Å². The van der Waals surface area contributed by atoms with E-state index in [1.165, 1.54) is 24.9 Å². The summed E-state index contributed by atoms with van der Waals surface area (Å²) in [7, 11) is 0. The third-order valence-corrected chi connectivity index (χ3v) is 5.26. The molecule has 0 aliphatic carbocycles. The molecule has 2 heterocycles. The number of amides is 1. The normalized spacial score (nSPS) is 26.6. The summed E-state index contributed by atoms with van der Waals surface area (Å²) in [5, 5.41) is 0. The molecule has 0 bridgehead atoms. The van der Waals surface area contributed by atoms with Gasteiger partial charge in [-0.25, -0.2) is 0 Å². The standard InChI is InChI=1S/C19H29N3O/c1-15(20)12-19(23)22-11-9-18-17(14-22)8-5-10-21(18)13-16-6-3-2-4-7-16/h2-4,6-7,15,17-18H,5,8-14,20H2,1H3. The summed E-state index contributed by atoms with van der Waals surface area (Å²) in [5.41, 5.74) is 7.18. The van der Waals surface area contributed by atoms with Crippen molar-refractivity contribution in [2.75, 3.05) is 19.6 Å². The molecule has 2 aliphatic rings. The highest BCUT2D eigenvalue weighted by molar-refractivity contribution is 5.76. The number of carbonyl (C=O) groups excluding carboxylic acids is 1. The number of benzene rings is 1. The number of fused-ring (bicyclic) bond motifs is 1. The number of likely N-dealkylation sites (tertiary alicyclic amines) is 2. The maximum absolute atomic E-state index is 12.3. The third kappa shape index (κ3) is 4.12. The van der Waals surface area contributed by atoms with Crippen LogP contribution in [0, 0.1) is 5.92 Å². The molecule has 3 rings (SSSR count). The van der Waals surface area contributed by atoms with Gasteiger partial charge in [-0.2, -0.15) is 0 Å². The van der Waals surface area contributed by atoms with Crippen LogP contribution in [0.15, 0.2) is 30.3 Å². The van der Waals surface area contributed by atoms with Gasteiger partial charge in [-0.3, -0.25) is 9.69 Å². The molecule has 1 aromatic rings. The Morgan fingerprint density at radius 3 is 2.78 bits per heavy atom. The van der Waals surface area contributed by atoms with Crippen molar-refractivity contribution >= 4 is 5.91 Å². The minimum atomic E-state index is -0.0406. The predicted molar refractivity (Wildman–Crippen MR) is 92.8 cm³/mol. The number of hydrogen-bond acceptors (Lipinski definition) is 3. The second kappa shape index (κ2) is 7.45. The van der Waals surface area contributed by atoms with Gasteiger partial charge in [0.2, 0.25) is 5.91 Å². The van der Waals surface area contributed by atoms with E-state index < -0.39 is 0 Å². The highest BCUT2D eigenvalue weighted by Crippen LogP contribution is 2.31. The lowest BCUT2D eigenvalue weighted by atomic mass is 9.83. The first-order valence-electron chi connectivity index (χ1n) is 8.95. The van der Waals surface area contributed by atoms with Gasteiger partial charge in [-0.15, -0.1) is 0 Å². The minimum Gasteiger partial charge on any atom is -0.342 e. The predicted octanol–water partition coefficient (Wildman–Crippen LogP) is 2.24. The molecule has 0 spiro atoms. The van der Waals surface area contributed by atoms with Crippen LogP contribution in [0.2, 0.25) is 0 Å². The van der Waals surface area contributed by atoms with Crippen molar-refractivity contribution in [2.24, 2.45) is 11.7 Å². The first-order valence-corrected chi connectivity index (χ1v) is 8.95. The second-order valence-corrected chi connectivity index (χ2v) is 7.24. The van der Waals surface area contributed by atoms with Crippen LogP contribution in [-0.4, -0.2) is 47.4 Å². The van der Waals surface area contributed by atoms with Gasteiger partial charge in [0.25, 0.3) is 0 Å². The molecule has 1 aromatic carbocycles. The molecule has 4 heteroatoms. The molecule has 1 amide bonds. The van der Waals surface area contributed by atoms with Gasteiger partial charge in [0.15, 0.2) is 0 Å². The van der Waals surface area contributed by atoms with E-state index in [1.54, 1.807) is 0 Å². The van der Waals surface area contributed by atoms with E-state index in [2.05, 4.69) is 40.1 Å². The zero-order chi connectivity index (χ0) is 16.2. The van der Waals surface area contributed by atoms with Gasteiger partial charge in [-0.05, 0) is 44.2 Å². The van der Waals surface area contributed by atoms with Gasteiger partial charge in [0.05, 0.1) is 0 Å². The van der Waals surface area contributed by atoms with Crippen molar-refractivity contribution in [3.8, 4) is 0 Å². The van der Waals surface area contributed by atoms with Crippen LogP contribution in [-0.2, 0) is 11.3 Å². The van der Waals surface area contributed by atoms with Crippen LogP contribution in [0.3, 0.4) is 0 Å². The molecule has 2 fully saturated rings. The maximum Gasteiger partial charge on any atom is 0.224 e. The summed E-state index contributed by atoms with van der Waals surface area (Å²) in [5.74, 6) is 0.858. The lowest BCUT2D eigenvalue weighted by Crippen LogP contribution is -2.55. The molecule has 2 N–H and O–H groups in total. The van der Waals surface area contributed by atoms with E-state index in [9.17, 15) is 4.79 Å². The van der Waals surface area contributed by atoms with E-state index in [-0.39, 0.29) is 11.9 Å². The number of piperidine rings is 2. The summed E-state index contributed by atoms with van der Waals surface area (Å²) >= 11 is 0. The maximum atomic E-state index is 12.3. The molecule has 4 nitrogen and oxygen atoms in total. The molecule has 3 unspecified atom stereocenters. The quantitative estimate of drug-likeness (QED) is 0.927. The van der Waals surface area contributed by atoms with Crippen LogP contribution in [0.1, 0.15) is 38.2 Å². The zero-order valence-corrected chi connectivity index (χ0v) is 14.2. The Morgan fingerprint density at radius 2 is 2.04 bits per heavy atom. The van der Waals surface area contributed by atoms with Crippen molar-refractivity contribution in [3.05, 3.63) is 35.9 Å². The summed E-state index contributed by atoms with van der Waals surface area (Å²) in [6, 6.07) is 11.3. The first-order chi connectivity index (χ1) is 11.1. The van der Waals surface area contributed by atoms with E-state index in [0.29, 0.717) is 18.4 Å². The van der Waals surface area contributed by atoms with Gasteiger partial charge in [0.1, 0.15) is 0 Å². The van der Waals surface area contributed by atoms with Gasteiger partial charge >= 0.3 is 0 Å². The molecule has 0 radical (unpaired) electrons. The third-order valence-electron chi connectivity index (χ3n) is 5.26.